The monoisotopic (exact) mass is 407 g/mol. The number of nitrogens with one attached hydrogen (secondary N) is 2. The van der Waals surface area contributed by atoms with Crippen LogP contribution in [0.2, 0.25) is 0 Å². The number of hydrogen-bond acceptors (Lipinski definition) is 4. The van der Waals surface area contributed by atoms with Gasteiger partial charge in [0.1, 0.15) is 0 Å². The van der Waals surface area contributed by atoms with Gasteiger partial charge in [0.25, 0.3) is 0 Å². The predicted octanol–water partition coefficient (Wildman–Crippen LogP) is 3.51. The van der Waals surface area contributed by atoms with Gasteiger partial charge in [0.15, 0.2) is 5.65 Å². The first kappa shape index (κ1) is 21.2. The zero-order valence-electron chi connectivity index (χ0n) is 15.2. The molecule has 3 aromatic rings. The number of pyridine rings is 1. The highest BCUT2D eigenvalue weighted by atomic mass is 35.5. The van der Waals surface area contributed by atoms with Gasteiger partial charge in [-0.05, 0) is 37.5 Å². The second-order valence-electron chi connectivity index (χ2n) is 6.72. The Morgan fingerprint density at radius 1 is 1.22 bits per heavy atom. The van der Waals surface area contributed by atoms with Crippen molar-refractivity contribution in [1.82, 2.24) is 20.1 Å². The molecule has 0 saturated heterocycles. The molecule has 8 heteroatoms. The van der Waals surface area contributed by atoms with Gasteiger partial charge >= 0.3 is 0 Å². The number of benzene rings is 1. The van der Waals surface area contributed by atoms with Crippen LogP contribution in [0.15, 0.2) is 42.7 Å². The summed E-state index contributed by atoms with van der Waals surface area (Å²) in [6.45, 7) is 4.85. The average Bonchev–Trinajstić information content (AvgIpc) is 3.04. The molecule has 6 nitrogen and oxygen atoms in total. The van der Waals surface area contributed by atoms with Crippen LogP contribution in [0, 0.1) is 0 Å². The third-order valence-corrected chi connectivity index (χ3v) is 4.59. The van der Waals surface area contributed by atoms with Crippen LogP contribution < -0.4 is 10.6 Å². The second kappa shape index (κ2) is 8.69. The Bertz CT molecular complexity index is 941. The highest BCUT2D eigenvalue weighted by Crippen LogP contribution is 2.20. The number of anilines is 1. The van der Waals surface area contributed by atoms with Crippen LogP contribution in [-0.2, 0) is 17.8 Å². The topological polar surface area (TPSA) is 71.8 Å². The molecular formula is C19H23Cl2N5O. The van der Waals surface area contributed by atoms with Crippen LogP contribution in [-0.4, -0.2) is 26.7 Å². The van der Waals surface area contributed by atoms with Crippen molar-refractivity contribution in [3.63, 3.8) is 0 Å². The summed E-state index contributed by atoms with van der Waals surface area (Å²) in [5.41, 5.74) is 4.02. The fourth-order valence-corrected chi connectivity index (χ4v) is 3.26. The lowest BCUT2D eigenvalue weighted by Crippen LogP contribution is -2.44. The highest BCUT2D eigenvalue weighted by molar-refractivity contribution is 5.96. The molecule has 0 spiro atoms. The Morgan fingerprint density at radius 3 is 2.70 bits per heavy atom. The second-order valence-corrected chi connectivity index (χ2v) is 6.72. The van der Waals surface area contributed by atoms with Gasteiger partial charge in [-0.15, -0.1) is 24.8 Å². The zero-order chi connectivity index (χ0) is 17.4. The van der Waals surface area contributed by atoms with Gasteiger partial charge < -0.3 is 10.6 Å². The third-order valence-electron chi connectivity index (χ3n) is 4.59. The molecule has 144 valence electrons. The van der Waals surface area contributed by atoms with E-state index in [1.165, 1.54) is 11.1 Å². The summed E-state index contributed by atoms with van der Waals surface area (Å²) in [5.74, 6) is -0.0353. The molecule has 0 saturated carbocycles. The van der Waals surface area contributed by atoms with Gasteiger partial charge in [-0.3, -0.25) is 4.79 Å². The smallest absolute Gasteiger partial charge is 0.241 e. The zero-order valence-corrected chi connectivity index (χ0v) is 16.8. The third kappa shape index (κ3) is 4.24. The number of aromatic nitrogens is 3. The van der Waals surface area contributed by atoms with Gasteiger partial charge in [-0.1, -0.05) is 24.3 Å². The van der Waals surface area contributed by atoms with Crippen molar-refractivity contribution < 1.29 is 4.79 Å². The Kier molecular flexibility index (Phi) is 6.81. The summed E-state index contributed by atoms with van der Waals surface area (Å²) in [4.78, 5) is 17.1. The molecule has 1 aromatic carbocycles. The first-order chi connectivity index (χ1) is 12.1. The molecule has 1 unspecified atom stereocenters. The van der Waals surface area contributed by atoms with Crippen LogP contribution in [0.5, 0.6) is 0 Å². The van der Waals surface area contributed by atoms with E-state index in [0.717, 1.165) is 11.0 Å². The quantitative estimate of drug-likeness (QED) is 0.696. The van der Waals surface area contributed by atoms with Gasteiger partial charge in [0, 0.05) is 18.0 Å². The van der Waals surface area contributed by atoms with E-state index in [0.29, 0.717) is 18.7 Å². The van der Waals surface area contributed by atoms with E-state index in [1.807, 2.05) is 22.9 Å². The highest BCUT2D eigenvalue weighted by Gasteiger charge is 2.24. The molecule has 4 rings (SSSR count). The summed E-state index contributed by atoms with van der Waals surface area (Å²) >= 11 is 0. The van der Waals surface area contributed by atoms with Gasteiger partial charge in [-0.25, -0.2) is 9.67 Å². The molecule has 3 heterocycles. The standard InChI is InChI=1S/C19H21N5O.2ClH/c1-12(2)24-18-15(10-22-24)7-16(11-21-18)23-19(25)17-8-13-5-3-4-6-14(13)9-20-17;;/h3-7,10-12,17,20H,8-9H2,1-2H3,(H,23,25);2*1H. The number of nitrogens with zero attached hydrogens (tertiary/aromatic N) is 3. The molecule has 2 N–H and O–H groups in total. The van der Waals surface area contributed by atoms with Crippen molar-refractivity contribution >= 4 is 47.4 Å². The lowest BCUT2D eigenvalue weighted by atomic mass is 9.95. The van der Waals surface area contributed by atoms with E-state index in [4.69, 9.17) is 0 Å². The first-order valence-electron chi connectivity index (χ1n) is 8.56. The van der Waals surface area contributed by atoms with Crippen molar-refractivity contribution in [2.45, 2.75) is 38.9 Å². The summed E-state index contributed by atoms with van der Waals surface area (Å²) < 4.78 is 1.88. The summed E-state index contributed by atoms with van der Waals surface area (Å²) in [6.07, 6.45) is 4.17. The van der Waals surface area contributed by atoms with Crippen molar-refractivity contribution in [3.05, 3.63) is 53.9 Å². The average molecular weight is 408 g/mol. The fraction of sp³-hybridized carbons (Fsp3) is 0.316. The summed E-state index contributed by atoms with van der Waals surface area (Å²) in [6, 6.07) is 10.2. The Labute approximate surface area is 170 Å². The fourth-order valence-electron chi connectivity index (χ4n) is 3.26. The number of fused-ring (bicyclic) bond motifs is 2. The number of hydrogen-bond donors (Lipinski definition) is 2. The molecule has 0 aliphatic carbocycles. The lowest BCUT2D eigenvalue weighted by Gasteiger charge is -2.25. The maximum atomic E-state index is 12.6. The van der Waals surface area contributed by atoms with E-state index >= 15 is 0 Å². The number of amides is 1. The molecule has 1 aliphatic heterocycles. The maximum Gasteiger partial charge on any atom is 0.241 e. The molecule has 0 fully saturated rings. The Morgan fingerprint density at radius 2 is 1.96 bits per heavy atom. The van der Waals surface area contributed by atoms with Crippen molar-refractivity contribution in [1.29, 1.82) is 0 Å². The van der Waals surface area contributed by atoms with Gasteiger partial charge in [-0.2, -0.15) is 5.10 Å². The van der Waals surface area contributed by atoms with E-state index in [9.17, 15) is 4.79 Å². The predicted molar refractivity (Wildman–Crippen MR) is 112 cm³/mol. The maximum absolute atomic E-state index is 12.6. The largest absolute Gasteiger partial charge is 0.323 e. The SMILES string of the molecule is CC(C)n1ncc2cc(NC(=O)C3Cc4ccccc4CN3)cnc21.Cl.Cl. The van der Waals surface area contributed by atoms with E-state index in [2.05, 4.69) is 46.7 Å². The molecule has 1 atom stereocenters. The van der Waals surface area contributed by atoms with E-state index < -0.39 is 0 Å². The van der Waals surface area contributed by atoms with Crippen LogP contribution in [0.1, 0.15) is 31.0 Å². The molecule has 0 bridgehead atoms. The lowest BCUT2D eigenvalue weighted by molar-refractivity contribution is -0.118. The first-order valence-corrected chi connectivity index (χ1v) is 8.56. The van der Waals surface area contributed by atoms with E-state index in [1.54, 1.807) is 12.4 Å². The molecule has 1 amide bonds. The summed E-state index contributed by atoms with van der Waals surface area (Å²) in [5, 5.41) is 11.6. The minimum Gasteiger partial charge on any atom is -0.323 e. The van der Waals surface area contributed by atoms with Crippen LogP contribution in [0.3, 0.4) is 0 Å². The molecule has 1 aliphatic rings. The number of carbonyl (C=O) groups is 1. The molecular weight excluding hydrogens is 385 g/mol. The minimum atomic E-state index is -0.232. The van der Waals surface area contributed by atoms with Crippen LogP contribution in [0.4, 0.5) is 5.69 Å². The van der Waals surface area contributed by atoms with Crippen molar-refractivity contribution in [2.75, 3.05) is 5.32 Å². The van der Waals surface area contributed by atoms with E-state index in [-0.39, 0.29) is 42.8 Å². The van der Waals surface area contributed by atoms with Crippen LogP contribution in [0.25, 0.3) is 11.0 Å². The number of carbonyl (C=O) groups excluding carboxylic acids is 1. The Hall–Kier alpha value is -2.15. The normalized spacial score (nSPS) is 15.6. The number of rotatable bonds is 3. The van der Waals surface area contributed by atoms with Gasteiger partial charge in [0.05, 0.1) is 24.1 Å². The van der Waals surface area contributed by atoms with Crippen LogP contribution >= 0.6 is 24.8 Å². The summed E-state index contributed by atoms with van der Waals surface area (Å²) in [7, 11) is 0. The Balaban J connectivity index is 0.00000131. The van der Waals surface area contributed by atoms with Gasteiger partial charge in [0.2, 0.25) is 5.91 Å². The van der Waals surface area contributed by atoms with Crippen molar-refractivity contribution in [2.24, 2.45) is 0 Å². The minimum absolute atomic E-state index is 0. The van der Waals surface area contributed by atoms with Crippen molar-refractivity contribution in [3.8, 4) is 0 Å². The number of halogens is 2. The molecule has 2 aromatic heterocycles. The molecule has 27 heavy (non-hydrogen) atoms. The molecule has 0 radical (unpaired) electrons.